The molecule has 206 valence electrons. The number of anilines is 1. The van der Waals surface area contributed by atoms with Crippen LogP contribution < -0.4 is 15.0 Å². The highest BCUT2D eigenvalue weighted by Gasteiger charge is 2.38. The minimum Gasteiger partial charge on any atom is -0.465 e. The van der Waals surface area contributed by atoms with E-state index in [-0.39, 0.29) is 29.1 Å². The Kier molecular flexibility index (Phi) is 8.54. The number of carbonyl (C=O) groups excluding carboxylic acids is 2. The van der Waals surface area contributed by atoms with E-state index >= 15 is 4.39 Å². The molecule has 11 heteroatoms. The summed E-state index contributed by atoms with van der Waals surface area (Å²) in [7, 11) is 1.13. The molecule has 2 aromatic rings. The number of nitrogens with one attached hydrogen (secondary N) is 1. The molecule has 1 saturated heterocycles. The molecule has 0 spiro atoms. The molecule has 7 nitrogen and oxygen atoms in total. The van der Waals surface area contributed by atoms with Gasteiger partial charge in [-0.15, -0.1) is 0 Å². The lowest BCUT2D eigenvalue weighted by Gasteiger charge is -2.39. The highest BCUT2D eigenvalue weighted by Crippen LogP contribution is 2.40. The number of hydrogen-bond acceptors (Lipinski definition) is 6. The van der Waals surface area contributed by atoms with Gasteiger partial charge in [0, 0.05) is 30.3 Å². The van der Waals surface area contributed by atoms with Crippen LogP contribution in [0, 0.1) is 17.7 Å². The first-order chi connectivity index (χ1) is 18.1. The van der Waals surface area contributed by atoms with Crippen molar-refractivity contribution in [1.82, 2.24) is 10.3 Å². The third kappa shape index (κ3) is 6.09. The summed E-state index contributed by atoms with van der Waals surface area (Å²) in [4.78, 5) is 31.8. The Bertz CT molecular complexity index is 1160. The Morgan fingerprint density at radius 1 is 1.08 bits per heavy atom. The summed E-state index contributed by atoms with van der Waals surface area (Å²) in [5.74, 6) is -3.34. The topological polar surface area (TPSA) is 80.8 Å². The predicted octanol–water partition coefficient (Wildman–Crippen LogP) is 5.73. The molecule has 1 aliphatic heterocycles. The molecule has 1 aliphatic carbocycles. The zero-order valence-corrected chi connectivity index (χ0v) is 21.3. The van der Waals surface area contributed by atoms with Crippen LogP contribution in [-0.2, 0) is 15.7 Å². The normalized spacial score (nSPS) is 20.6. The van der Waals surface area contributed by atoms with Gasteiger partial charge >= 0.3 is 12.1 Å². The summed E-state index contributed by atoms with van der Waals surface area (Å²) in [5, 5.41) is 3.24. The third-order valence-electron chi connectivity index (χ3n) is 7.27. The molecule has 1 amide bonds. The number of piperidine rings is 1. The Balaban J connectivity index is 1.77. The van der Waals surface area contributed by atoms with E-state index in [9.17, 15) is 22.8 Å². The zero-order chi connectivity index (χ0) is 27.4. The second-order valence-electron chi connectivity index (χ2n) is 9.89. The van der Waals surface area contributed by atoms with Crippen LogP contribution in [0.25, 0.3) is 0 Å². The van der Waals surface area contributed by atoms with E-state index in [0.717, 1.165) is 50.4 Å². The Labute approximate surface area is 218 Å². The molecule has 38 heavy (non-hydrogen) atoms. The van der Waals surface area contributed by atoms with Crippen LogP contribution in [0.1, 0.15) is 61.4 Å². The molecule has 1 aromatic carbocycles. The SMILES string of the molecule is COC(=O)c1cc(Oc2ncccc2C(F)(F)F)c(F)cc1N(C(=O)[C@H]1CC[C@H](C)CC1)C1CCNCC1. The Morgan fingerprint density at radius 2 is 1.76 bits per heavy atom. The lowest BCUT2D eigenvalue weighted by molar-refractivity contribution is -0.139. The van der Waals surface area contributed by atoms with E-state index < -0.39 is 35.2 Å². The Hall–Kier alpha value is -3.21. The number of alkyl halides is 3. The number of carbonyl (C=O) groups is 2. The van der Waals surface area contributed by atoms with Gasteiger partial charge in [-0.25, -0.2) is 14.2 Å². The fourth-order valence-corrected chi connectivity index (χ4v) is 5.15. The van der Waals surface area contributed by atoms with E-state index in [1.807, 2.05) is 0 Å². The second-order valence-corrected chi connectivity index (χ2v) is 9.89. The molecular weight excluding hydrogens is 506 g/mol. The minimum atomic E-state index is -4.79. The van der Waals surface area contributed by atoms with Crippen LogP contribution in [0.4, 0.5) is 23.2 Å². The van der Waals surface area contributed by atoms with Gasteiger partial charge in [-0.2, -0.15) is 13.2 Å². The quantitative estimate of drug-likeness (QED) is 0.375. The Morgan fingerprint density at radius 3 is 2.39 bits per heavy atom. The first kappa shape index (κ1) is 27.8. The van der Waals surface area contributed by atoms with Crippen molar-refractivity contribution in [3.8, 4) is 11.6 Å². The molecule has 0 bridgehead atoms. The largest absolute Gasteiger partial charge is 0.465 e. The number of pyridine rings is 1. The van der Waals surface area contributed by atoms with Gasteiger partial charge in [0.2, 0.25) is 11.8 Å². The number of nitrogens with zero attached hydrogens (tertiary/aromatic N) is 2. The molecule has 0 unspecified atom stereocenters. The van der Waals surface area contributed by atoms with Crippen molar-refractivity contribution in [3.05, 3.63) is 47.4 Å². The molecule has 1 aromatic heterocycles. The molecule has 0 atom stereocenters. The van der Waals surface area contributed by atoms with E-state index in [1.165, 1.54) is 4.90 Å². The predicted molar refractivity (Wildman–Crippen MR) is 132 cm³/mol. The zero-order valence-electron chi connectivity index (χ0n) is 21.3. The fraction of sp³-hybridized carbons (Fsp3) is 0.519. The number of aromatic nitrogens is 1. The number of hydrogen-bond donors (Lipinski definition) is 1. The maximum absolute atomic E-state index is 15.5. The lowest BCUT2D eigenvalue weighted by Crippen LogP contribution is -2.49. The average Bonchev–Trinajstić information content (AvgIpc) is 2.90. The van der Waals surface area contributed by atoms with Crippen molar-refractivity contribution in [2.75, 3.05) is 25.1 Å². The third-order valence-corrected chi connectivity index (χ3v) is 7.27. The number of esters is 1. The molecule has 2 fully saturated rings. The number of amides is 1. The molecule has 0 radical (unpaired) electrons. The highest BCUT2D eigenvalue weighted by atomic mass is 19.4. The summed E-state index contributed by atoms with van der Waals surface area (Å²) < 4.78 is 65.9. The van der Waals surface area contributed by atoms with Crippen molar-refractivity contribution < 1.29 is 36.6 Å². The first-order valence-electron chi connectivity index (χ1n) is 12.8. The number of ether oxygens (including phenoxy) is 2. The minimum absolute atomic E-state index is 0.0225. The summed E-state index contributed by atoms with van der Waals surface area (Å²) in [6.45, 7) is 3.43. The monoisotopic (exact) mass is 537 g/mol. The van der Waals surface area contributed by atoms with Gasteiger partial charge in [0.15, 0.2) is 11.6 Å². The number of halogens is 4. The van der Waals surface area contributed by atoms with Crippen molar-refractivity contribution in [2.24, 2.45) is 11.8 Å². The fourth-order valence-electron chi connectivity index (χ4n) is 5.15. The van der Waals surface area contributed by atoms with Crippen LogP contribution in [0.2, 0.25) is 0 Å². The maximum atomic E-state index is 15.5. The average molecular weight is 538 g/mol. The van der Waals surface area contributed by atoms with E-state index in [2.05, 4.69) is 17.2 Å². The van der Waals surface area contributed by atoms with Crippen molar-refractivity contribution in [2.45, 2.75) is 57.7 Å². The van der Waals surface area contributed by atoms with Gasteiger partial charge in [0.1, 0.15) is 5.56 Å². The standard InChI is InChI=1S/C27H31F4N3O4/c1-16-5-7-17(8-6-16)25(35)34(18-9-12-32-13-10-18)22-15-21(28)23(14-19(22)26(36)37-2)38-24-20(27(29,30)31)4-3-11-33-24/h3-4,11,14-18,32H,5-10,12-13H2,1-2H3/t16-,17-. The number of benzene rings is 1. The van der Waals surface area contributed by atoms with E-state index in [0.29, 0.717) is 44.7 Å². The van der Waals surface area contributed by atoms with Gasteiger partial charge in [-0.05, 0) is 69.7 Å². The lowest BCUT2D eigenvalue weighted by atomic mass is 9.81. The summed E-state index contributed by atoms with van der Waals surface area (Å²) >= 11 is 0. The maximum Gasteiger partial charge on any atom is 0.421 e. The van der Waals surface area contributed by atoms with Crippen molar-refractivity contribution in [1.29, 1.82) is 0 Å². The molecule has 2 heterocycles. The van der Waals surface area contributed by atoms with Crippen molar-refractivity contribution in [3.63, 3.8) is 0 Å². The molecule has 1 N–H and O–H groups in total. The van der Waals surface area contributed by atoms with Crippen LogP contribution in [-0.4, -0.2) is 43.1 Å². The van der Waals surface area contributed by atoms with Crippen molar-refractivity contribution >= 4 is 17.6 Å². The summed E-state index contributed by atoms with van der Waals surface area (Å²) in [6.07, 6.45) is 0.662. The summed E-state index contributed by atoms with van der Waals surface area (Å²) in [5.41, 5.74) is -1.35. The van der Waals surface area contributed by atoms with Crippen LogP contribution in [0.3, 0.4) is 0 Å². The van der Waals surface area contributed by atoms with Gasteiger partial charge in [-0.3, -0.25) is 4.79 Å². The van der Waals surface area contributed by atoms with Gasteiger partial charge in [0.05, 0.1) is 18.4 Å². The summed E-state index contributed by atoms with van der Waals surface area (Å²) in [6, 6.07) is 3.52. The molecule has 1 saturated carbocycles. The van der Waals surface area contributed by atoms with E-state index in [1.54, 1.807) is 0 Å². The van der Waals surface area contributed by atoms with Gasteiger partial charge in [-0.1, -0.05) is 6.92 Å². The highest BCUT2D eigenvalue weighted by molar-refractivity contribution is 6.04. The number of methoxy groups -OCH3 is 1. The van der Waals surface area contributed by atoms with Crippen LogP contribution in [0.5, 0.6) is 11.6 Å². The smallest absolute Gasteiger partial charge is 0.421 e. The molecular formula is C27H31F4N3O4. The van der Waals surface area contributed by atoms with Crippen LogP contribution in [0.15, 0.2) is 30.5 Å². The first-order valence-corrected chi connectivity index (χ1v) is 12.8. The number of rotatable bonds is 6. The van der Waals surface area contributed by atoms with Crippen LogP contribution >= 0.6 is 0 Å². The van der Waals surface area contributed by atoms with Gasteiger partial charge in [0.25, 0.3) is 0 Å². The molecule has 4 rings (SSSR count). The van der Waals surface area contributed by atoms with E-state index in [4.69, 9.17) is 9.47 Å². The second kappa shape index (κ2) is 11.7. The molecule has 2 aliphatic rings. The van der Waals surface area contributed by atoms with Gasteiger partial charge < -0.3 is 19.7 Å².